The Morgan fingerprint density at radius 1 is 1.50 bits per heavy atom. The lowest BCUT2D eigenvalue weighted by atomic mass is 9.75. The minimum atomic E-state index is 0.302. The molecule has 0 aliphatic carbocycles. The van der Waals surface area contributed by atoms with Crippen LogP contribution in [0.2, 0.25) is 0 Å². The molecule has 3 nitrogen and oxygen atoms in total. The lowest BCUT2D eigenvalue weighted by molar-refractivity contribution is 0.212. The van der Waals surface area contributed by atoms with Crippen molar-refractivity contribution in [2.45, 2.75) is 40.7 Å². The van der Waals surface area contributed by atoms with Crippen molar-refractivity contribution in [3.05, 3.63) is 18.0 Å². The third-order valence-electron chi connectivity index (χ3n) is 3.59. The van der Waals surface area contributed by atoms with E-state index in [-0.39, 0.29) is 0 Å². The fourth-order valence-corrected chi connectivity index (χ4v) is 2.01. The van der Waals surface area contributed by atoms with Crippen LogP contribution in [-0.4, -0.2) is 23.4 Å². The molecule has 0 aliphatic heterocycles. The molecule has 1 aromatic heterocycles. The summed E-state index contributed by atoms with van der Waals surface area (Å²) in [7, 11) is 2.02. The van der Waals surface area contributed by atoms with Gasteiger partial charge in [0, 0.05) is 19.3 Å². The first-order valence-electron chi connectivity index (χ1n) is 6.17. The van der Waals surface area contributed by atoms with Gasteiger partial charge in [-0.15, -0.1) is 0 Å². The Kier molecular flexibility index (Phi) is 4.54. The summed E-state index contributed by atoms with van der Waals surface area (Å²) in [4.78, 5) is 0. The first-order valence-corrected chi connectivity index (χ1v) is 6.17. The normalized spacial score (nSPS) is 15.4. The second-order valence-corrected chi connectivity index (χ2v) is 5.22. The largest absolute Gasteiger partial charge is 0.319 e. The Morgan fingerprint density at radius 3 is 2.62 bits per heavy atom. The van der Waals surface area contributed by atoms with E-state index in [4.69, 9.17) is 0 Å². The van der Waals surface area contributed by atoms with Crippen LogP contribution in [-0.2, 0) is 13.0 Å². The van der Waals surface area contributed by atoms with E-state index in [1.807, 2.05) is 17.9 Å². The zero-order valence-corrected chi connectivity index (χ0v) is 11.2. The molecule has 1 unspecified atom stereocenters. The average Bonchev–Trinajstić information content (AvgIpc) is 2.65. The van der Waals surface area contributed by atoms with E-state index >= 15 is 0 Å². The van der Waals surface area contributed by atoms with Crippen molar-refractivity contribution in [2.24, 2.45) is 11.3 Å². The molecule has 0 radical (unpaired) electrons. The molecule has 1 heterocycles. The maximum absolute atomic E-state index is 4.33. The van der Waals surface area contributed by atoms with E-state index in [0.717, 1.165) is 19.5 Å². The van der Waals surface area contributed by atoms with E-state index in [1.165, 1.54) is 5.56 Å². The number of rotatable bonds is 6. The van der Waals surface area contributed by atoms with Gasteiger partial charge in [-0.2, -0.15) is 5.10 Å². The minimum Gasteiger partial charge on any atom is -0.319 e. The van der Waals surface area contributed by atoms with Crippen molar-refractivity contribution < 1.29 is 0 Å². The van der Waals surface area contributed by atoms with Crippen molar-refractivity contribution >= 4 is 0 Å². The number of hydrogen-bond acceptors (Lipinski definition) is 2. The number of aryl methyl sites for hydroxylation is 1. The molecule has 0 fully saturated rings. The monoisotopic (exact) mass is 223 g/mol. The van der Waals surface area contributed by atoms with Gasteiger partial charge in [-0.05, 0) is 37.3 Å². The highest BCUT2D eigenvalue weighted by molar-refractivity contribution is 5.08. The highest BCUT2D eigenvalue weighted by Crippen LogP contribution is 2.30. The third-order valence-corrected chi connectivity index (χ3v) is 3.59. The van der Waals surface area contributed by atoms with Crippen LogP contribution in [0.4, 0.5) is 0 Å². The molecule has 0 bridgehead atoms. The second kappa shape index (κ2) is 5.48. The molecule has 16 heavy (non-hydrogen) atoms. The molecule has 1 rings (SSSR count). The molecule has 92 valence electrons. The van der Waals surface area contributed by atoms with Crippen molar-refractivity contribution in [3.8, 4) is 0 Å². The summed E-state index contributed by atoms with van der Waals surface area (Å²) >= 11 is 0. The second-order valence-electron chi connectivity index (χ2n) is 5.22. The van der Waals surface area contributed by atoms with Crippen LogP contribution in [0.25, 0.3) is 0 Å². The summed E-state index contributed by atoms with van der Waals surface area (Å²) in [6.45, 7) is 11.0. The standard InChI is InChI=1S/C13H25N3/c1-6-16-9-12(8-15-16)7-13(4,10-14-5)11(2)3/h8-9,11,14H,6-7,10H2,1-5H3. The first-order chi connectivity index (χ1) is 7.51. The topological polar surface area (TPSA) is 29.9 Å². The summed E-state index contributed by atoms with van der Waals surface area (Å²) in [6.07, 6.45) is 5.25. The third kappa shape index (κ3) is 3.08. The molecule has 0 amide bonds. The van der Waals surface area contributed by atoms with Crippen LogP contribution in [0, 0.1) is 11.3 Å². The van der Waals surface area contributed by atoms with Crippen LogP contribution in [0.1, 0.15) is 33.3 Å². The Balaban J connectivity index is 2.75. The van der Waals surface area contributed by atoms with E-state index < -0.39 is 0 Å². The Morgan fingerprint density at radius 2 is 2.19 bits per heavy atom. The maximum Gasteiger partial charge on any atom is 0.0521 e. The van der Waals surface area contributed by atoms with E-state index in [2.05, 4.69) is 44.3 Å². The van der Waals surface area contributed by atoms with Crippen molar-refractivity contribution in [1.82, 2.24) is 15.1 Å². The van der Waals surface area contributed by atoms with Gasteiger partial charge >= 0.3 is 0 Å². The highest BCUT2D eigenvalue weighted by Gasteiger charge is 2.28. The van der Waals surface area contributed by atoms with Gasteiger partial charge < -0.3 is 5.32 Å². The van der Waals surface area contributed by atoms with Crippen LogP contribution >= 0.6 is 0 Å². The molecule has 0 saturated heterocycles. The quantitative estimate of drug-likeness (QED) is 0.802. The molecule has 1 atom stereocenters. The maximum atomic E-state index is 4.33. The van der Waals surface area contributed by atoms with Crippen LogP contribution in [0.15, 0.2) is 12.4 Å². The number of hydrogen-bond donors (Lipinski definition) is 1. The van der Waals surface area contributed by atoms with Crippen molar-refractivity contribution in [2.75, 3.05) is 13.6 Å². The van der Waals surface area contributed by atoms with Gasteiger partial charge in [0.1, 0.15) is 0 Å². The molecular formula is C13H25N3. The van der Waals surface area contributed by atoms with Gasteiger partial charge in [-0.1, -0.05) is 20.8 Å². The van der Waals surface area contributed by atoms with Gasteiger partial charge in [0.25, 0.3) is 0 Å². The van der Waals surface area contributed by atoms with Crippen molar-refractivity contribution in [1.29, 1.82) is 0 Å². The molecule has 0 saturated carbocycles. The molecule has 0 aliphatic rings. The Bertz CT molecular complexity index is 317. The lowest BCUT2D eigenvalue weighted by Gasteiger charge is -2.33. The van der Waals surface area contributed by atoms with Gasteiger partial charge in [-0.25, -0.2) is 0 Å². The SMILES string of the molecule is CCn1cc(CC(C)(CNC)C(C)C)cn1. The van der Waals surface area contributed by atoms with E-state index in [9.17, 15) is 0 Å². The summed E-state index contributed by atoms with van der Waals surface area (Å²) in [5.41, 5.74) is 1.64. The number of aromatic nitrogens is 2. The predicted octanol–water partition coefficient (Wildman–Crippen LogP) is 2.33. The fraction of sp³-hybridized carbons (Fsp3) is 0.769. The van der Waals surface area contributed by atoms with Gasteiger partial charge in [-0.3, -0.25) is 4.68 Å². The van der Waals surface area contributed by atoms with Crippen LogP contribution in [0.5, 0.6) is 0 Å². The molecule has 0 spiro atoms. The molecule has 1 N–H and O–H groups in total. The Labute approximate surface area is 99.2 Å². The average molecular weight is 223 g/mol. The molecule has 3 heteroatoms. The lowest BCUT2D eigenvalue weighted by Crippen LogP contribution is -2.36. The highest BCUT2D eigenvalue weighted by atomic mass is 15.3. The fourth-order valence-electron chi connectivity index (χ4n) is 2.01. The van der Waals surface area contributed by atoms with Crippen LogP contribution < -0.4 is 5.32 Å². The summed E-state index contributed by atoms with van der Waals surface area (Å²) < 4.78 is 2.00. The van der Waals surface area contributed by atoms with Gasteiger partial charge in [0.2, 0.25) is 0 Å². The first kappa shape index (κ1) is 13.2. The zero-order chi connectivity index (χ0) is 12.2. The number of nitrogens with zero attached hydrogens (tertiary/aromatic N) is 2. The van der Waals surface area contributed by atoms with E-state index in [0.29, 0.717) is 11.3 Å². The molecule has 1 aromatic rings. The smallest absolute Gasteiger partial charge is 0.0521 e. The Hall–Kier alpha value is -0.830. The minimum absolute atomic E-state index is 0.302. The molecular weight excluding hydrogens is 198 g/mol. The zero-order valence-electron chi connectivity index (χ0n) is 11.2. The van der Waals surface area contributed by atoms with E-state index in [1.54, 1.807) is 0 Å². The van der Waals surface area contributed by atoms with Gasteiger partial charge in [0.15, 0.2) is 0 Å². The van der Waals surface area contributed by atoms with Crippen LogP contribution in [0.3, 0.4) is 0 Å². The summed E-state index contributed by atoms with van der Waals surface area (Å²) in [5.74, 6) is 0.657. The summed E-state index contributed by atoms with van der Waals surface area (Å²) in [6, 6.07) is 0. The predicted molar refractivity (Wildman–Crippen MR) is 68.5 cm³/mol. The van der Waals surface area contributed by atoms with Crippen molar-refractivity contribution in [3.63, 3.8) is 0 Å². The molecule has 0 aromatic carbocycles. The summed E-state index contributed by atoms with van der Waals surface area (Å²) in [5, 5.41) is 7.64. The van der Waals surface area contributed by atoms with Gasteiger partial charge in [0.05, 0.1) is 6.20 Å². The number of nitrogens with one attached hydrogen (secondary N) is 1.